The third-order valence-corrected chi connectivity index (χ3v) is 4.16. The fourth-order valence-electron chi connectivity index (χ4n) is 2.92. The van der Waals surface area contributed by atoms with Crippen molar-refractivity contribution in [3.63, 3.8) is 0 Å². The van der Waals surface area contributed by atoms with Gasteiger partial charge in [0.15, 0.2) is 5.58 Å². The van der Waals surface area contributed by atoms with E-state index in [-0.39, 0.29) is 5.91 Å². The first-order chi connectivity index (χ1) is 13.1. The van der Waals surface area contributed by atoms with E-state index in [1.165, 1.54) is 6.08 Å². The minimum Gasteiger partial charge on any atom is -0.465 e. The summed E-state index contributed by atoms with van der Waals surface area (Å²) in [5, 5.41) is 2.81. The van der Waals surface area contributed by atoms with Gasteiger partial charge < -0.3 is 14.2 Å². The van der Waals surface area contributed by atoms with Gasteiger partial charge in [-0.15, -0.1) is 0 Å². The number of nitrogens with one attached hydrogen (secondary N) is 1. The minimum atomic E-state index is -0.230. The highest BCUT2D eigenvalue weighted by Gasteiger charge is 2.11. The van der Waals surface area contributed by atoms with E-state index >= 15 is 0 Å². The molecule has 5 heteroatoms. The second-order valence-corrected chi connectivity index (χ2v) is 6.36. The summed E-state index contributed by atoms with van der Waals surface area (Å²) in [5.41, 5.74) is 5.42. The number of aryl methyl sites for hydroxylation is 2. The van der Waals surface area contributed by atoms with Crippen LogP contribution in [0.2, 0.25) is 0 Å². The molecule has 0 fully saturated rings. The van der Waals surface area contributed by atoms with Crippen LogP contribution in [0.3, 0.4) is 0 Å². The maximum atomic E-state index is 12.0. The van der Waals surface area contributed by atoms with Gasteiger partial charge in [-0.2, -0.15) is 0 Å². The molecule has 134 valence electrons. The van der Waals surface area contributed by atoms with Gasteiger partial charge in [0.2, 0.25) is 11.8 Å². The average Bonchev–Trinajstić information content (AvgIpc) is 3.30. The van der Waals surface area contributed by atoms with Crippen molar-refractivity contribution in [3.05, 3.63) is 77.8 Å². The van der Waals surface area contributed by atoms with Crippen LogP contribution >= 0.6 is 0 Å². The summed E-state index contributed by atoms with van der Waals surface area (Å²) in [6, 6.07) is 15.0. The Kier molecular flexibility index (Phi) is 4.34. The Hall–Kier alpha value is -3.60. The number of fused-ring (bicyclic) bond motifs is 1. The molecule has 0 aliphatic heterocycles. The molecule has 4 rings (SSSR count). The molecule has 2 aromatic heterocycles. The summed E-state index contributed by atoms with van der Waals surface area (Å²) in [6.45, 7) is 4.05. The molecule has 0 spiro atoms. The molecule has 0 bridgehead atoms. The lowest BCUT2D eigenvalue weighted by molar-refractivity contribution is -0.111. The molecule has 2 heterocycles. The standard InChI is InChI=1S/C22H18N2O3/c1-14-12-15(2)21-19(13-14)24-22(27-21)16-5-7-17(8-6-16)23-20(25)10-9-18-4-3-11-26-18/h3-13H,1-2H3,(H,23,25)/b10-9-. The van der Waals surface area contributed by atoms with Crippen molar-refractivity contribution in [1.29, 1.82) is 0 Å². The highest BCUT2D eigenvalue weighted by Crippen LogP contribution is 2.28. The number of hydrogen-bond acceptors (Lipinski definition) is 4. The average molecular weight is 358 g/mol. The van der Waals surface area contributed by atoms with Crippen LogP contribution in [0.4, 0.5) is 5.69 Å². The molecule has 4 aromatic rings. The molecule has 1 amide bonds. The summed E-state index contributed by atoms with van der Waals surface area (Å²) in [5.74, 6) is 0.961. The van der Waals surface area contributed by atoms with Gasteiger partial charge in [-0.3, -0.25) is 4.79 Å². The van der Waals surface area contributed by atoms with Gasteiger partial charge in [-0.05, 0) is 73.5 Å². The van der Waals surface area contributed by atoms with Crippen LogP contribution in [-0.2, 0) is 4.79 Å². The van der Waals surface area contributed by atoms with Gasteiger partial charge in [0.25, 0.3) is 0 Å². The van der Waals surface area contributed by atoms with E-state index in [0.29, 0.717) is 17.3 Å². The number of benzene rings is 2. The van der Waals surface area contributed by atoms with Crippen molar-refractivity contribution in [2.75, 3.05) is 5.32 Å². The number of oxazole rings is 1. The summed E-state index contributed by atoms with van der Waals surface area (Å²) in [7, 11) is 0. The summed E-state index contributed by atoms with van der Waals surface area (Å²) in [4.78, 5) is 16.6. The molecule has 1 N–H and O–H groups in total. The van der Waals surface area contributed by atoms with Crippen LogP contribution in [0.25, 0.3) is 28.6 Å². The molecule has 2 aromatic carbocycles. The first-order valence-corrected chi connectivity index (χ1v) is 8.59. The van der Waals surface area contributed by atoms with Gasteiger partial charge in [0, 0.05) is 17.3 Å². The van der Waals surface area contributed by atoms with E-state index in [0.717, 1.165) is 27.8 Å². The SMILES string of the molecule is Cc1cc(C)c2oc(-c3ccc(NC(=O)/C=C\c4ccco4)cc3)nc2c1. The second kappa shape index (κ2) is 6.96. The van der Waals surface area contributed by atoms with Crippen molar-refractivity contribution < 1.29 is 13.6 Å². The molecule has 0 aliphatic rings. The fourth-order valence-corrected chi connectivity index (χ4v) is 2.92. The predicted octanol–water partition coefficient (Wildman–Crippen LogP) is 5.36. The highest BCUT2D eigenvalue weighted by molar-refractivity contribution is 6.01. The van der Waals surface area contributed by atoms with Crippen molar-refractivity contribution in [2.24, 2.45) is 0 Å². The first-order valence-electron chi connectivity index (χ1n) is 8.59. The Morgan fingerprint density at radius 1 is 1.11 bits per heavy atom. The van der Waals surface area contributed by atoms with Gasteiger partial charge >= 0.3 is 0 Å². The van der Waals surface area contributed by atoms with E-state index in [9.17, 15) is 4.79 Å². The number of anilines is 1. The van der Waals surface area contributed by atoms with E-state index in [4.69, 9.17) is 8.83 Å². The Balaban J connectivity index is 1.50. The van der Waals surface area contributed by atoms with E-state index in [1.807, 2.05) is 44.2 Å². The maximum absolute atomic E-state index is 12.0. The van der Waals surface area contributed by atoms with E-state index in [2.05, 4.69) is 16.4 Å². The normalized spacial score (nSPS) is 11.3. The summed E-state index contributed by atoms with van der Waals surface area (Å²) < 4.78 is 11.1. The Morgan fingerprint density at radius 2 is 1.93 bits per heavy atom. The van der Waals surface area contributed by atoms with Crippen LogP contribution in [0.15, 0.2) is 69.7 Å². The number of nitrogens with zero attached hydrogens (tertiary/aromatic N) is 1. The number of rotatable bonds is 4. The van der Waals surface area contributed by atoms with Gasteiger partial charge in [-0.1, -0.05) is 6.07 Å². The Labute approximate surface area is 156 Å². The zero-order valence-corrected chi connectivity index (χ0v) is 15.0. The number of carbonyl (C=O) groups is 1. The fraction of sp³-hybridized carbons (Fsp3) is 0.0909. The zero-order chi connectivity index (χ0) is 18.8. The lowest BCUT2D eigenvalue weighted by Gasteiger charge is -2.02. The van der Waals surface area contributed by atoms with Crippen LogP contribution in [0.5, 0.6) is 0 Å². The van der Waals surface area contributed by atoms with Gasteiger partial charge in [0.1, 0.15) is 11.3 Å². The van der Waals surface area contributed by atoms with Gasteiger partial charge in [-0.25, -0.2) is 4.98 Å². The Morgan fingerprint density at radius 3 is 2.67 bits per heavy atom. The lowest BCUT2D eigenvalue weighted by atomic mass is 10.1. The van der Waals surface area contributed by atoms with Crippen molar-refractivity contribution in [3.8, 4) is 11.5 Å². The molecular formula is C22H18N2O3. The minimum absolute atomic E-state index is 0.230. The topological polar surface area (TPSA) is 68.3 Å². The summed E-state index contributed by atoms with van der Waals surface area (Å²) >= 11 is 0. The number of aromatic nitrogens is 1. The molecule has 27 heavy (non-hydrogen) atoms. The Bertz CT molecular complexity index is 1120. The third-order valence-electron chi connectivity index (χ3n) is 4.16. The zero-order valence-electron chi connectivity index (χ0n) is 15.0. The maximum Gasteiger partial charge on any atom is 0.248 e. The monoisotopic (exact) mass is 358 g/mol. The molecular weight excluding hydrogens is 340 g/mol. The molecule has 0 saturated carbocycles. The second-order valence-electron chi connectivity index (χ2n) is 6.36. The molecule has 0 unspecified atom stereocenters. The smallest absolute Gasteiger partial charge is 0.248 e. The quantitative estimate of drug-likeness (QED) is 0.499. The molecule has 0 atom stereocenters. The molecule has 5 nitrogen and oxygen atoms in total. The molecule has 0 aliphatic carbocycles. The highest BCUT2D eigenvalue weighted by atomic mass is 16.3. The van der Waals surface area contributed by atoms with Crippen LogP contribution in [0.1, 0.15) is 16.9 Å². The number of amides is 1. The number of furan rings is 1. The largest absolute Gasteiger partial charge is 0.465 e. The molecule has 0 radical (unpaired) electrons. The van der Waals surface area contributed by atoms with Crippen LogP contribution in [-0.4, -0.2) is 10.9 Å². The van der Waals surface area contributed by atoms with Crippen molar-refractivity contribution >= 4 is 28.8 Å². The van der Waals surface area contributed by atoms with Crippen molar-refractivity contribution in [2.45, 2.75) is 13.8 Å². The first kappa shape index (κ1) is 16.8. The van der Waals surface area contributed by atoms with Gasteiger partial charge in [0.05, 0.1) is 6.26 Å². The number of carbonyl (C=O) groups excluding carboxylic acids is 1. The van der Waals surface area contributed by atoms with E-state index < -0.39 is 0 Å². The summed E-state index contributed by atoms with van der Waals surface area (Å²) in [6.07, 6.45) is 4.61. The third kappa shape index (κ3) is 3.67. The van der Waals surface area contributed by atoms with E-state index in [1.54, 1.807) is 24.5 Å². The predicted molar refractivity (Wildman–Crippen MR) is 105 cm³/mol. The van der Waals surface area contributed by atoms with Crippen molar-refractivity contribution in [1.82, 2.24) is 4.98 Å². The van der Waals surface area contributed by atoms with Crippen LogP contribution in [0, 0.1) is 13.8 Å². The number of hydrogen-bond donors (Lipinski definition) is 1. The molecule has 0 saturated heterocycles. The lowest BCUT2D eigenvalue weighted by Crippen LogP contribution is -2.07. The van der Waals surface area contributed by atoms with Crippen LogP contribution < -0.4 is 5.32 Å².